The summed E-state index contributed by atoms with van der Waals surface area (Å²) in [5.74, 6) is -0.142. The number of carbonyl (C=O) groups is 1. The molecular weight excluding hydrogens is 348 g/mol. The molecule has 0 radical (unpaired) electrons. The Bertz CT molecular complexity index is 892. The molecule has 1 N–H and O–H groups in total. The van der Waals surface area contributed by atoms with Crippen molar-refractivity contribution in [2.45, 2.75) is 38.0 Å². The van der Waals surface area contributed by atoms with Crippen molar-refractivity contribution in [2.75, 3.05) is 16.2 Å². The van der Waals surface area contributed by atoms with Gasteiger partial charge in [-0.05, 0) is 55.2 Å². The number of nitrogens with zero attached hydrogens (tertiary/aromatic N) is 1. The summed E-state index contributed by atoms with van der Waals surface area (Å²) >= 11 is 0. The molecule has 2 aromatic rings. The number of fused-ring (bicyclic) bond motifs is 1. The summed E-state index contributed by atoms with van der Waals surface area (Å²) in [7, 11) is -3.62. The van der Waals surface area contributed by atoms with Gasteiger partial charge in [-0.2, -0.15) is 0 Å². The molecule has 138 valence electrons. The second kappa shape index (κ2) is 7.50. The van der Waals surface area contributed by atoms with Crippen LogP contribution >= 0.6 is 0 Å². The maximum Gasteiger partial charge on any atom is 0.264 e. The molecule has 0 spiro atoms. The van der Waals surface area contributed by atoms with Crippen molar-refractivity contribution in [3.63, 3.8) is 0 Å². The average molecular weight is 372 g/mol. The molecule has 6 heteroatoms. The van der Waals surface area contributed by atoms with Crippen molar-refractivity contribution in [1.29, 1.82) is 0 Å². The number of hydrogen-bond donors (Lipinski definition) is 1. The van der Waals surface area contributed by atoms with Crippen LogP contribution in [-0.2, 0) is 21.2 Å². The number of anilines is 2. The van der Waals surface area contributed by atoms with Crippen LogP contribution in [0.1, 0.15) is 32.3 Å². The molecule has 0 aliphatic carbocycles. The van der Waals surface area contributed by atoms with E-state index in [9.17, 15) is 13.2 Å². The second-order valence-electron chi connectivity index (χ2n) is 6.63. The predicted molar refractivity (Wildman–Crippen MR) is 104 cm³/mol. The van der Waals surface area contributed by atoms with E-state index < -0.39 is 10.0 Å². The van der Waals surface area contributed by atoms with Gasteiger partial charge in [0.15, 0.2) is 0 Å². The smallest absolute Gasteiger partial charge is 0.264 e. The molecule has 3 rings (SSSR count). The highest BCUT2D eigenvalue weighted by Gasteiger charge is 2.28. The van der Waals surface area contributed by atoms with E-state index in [1.165, 1.54) is 4.31 Å². The van der Waals surface area contributed by atoms with Gasteiger partial charge in [-0.1, -0.05) is 32.0 Å². The number of carbonyl (C=O) groups excluding carboxylic acids is 1. The van der Waals surface area contributed by atoms with Gasteiger partial charge in [0.2, 0.25) is 5.91 Å². The minimum Gasteiger partial charge on any atom is -0.326 e. The van der Waals surface area contributed by atoms with Crippen LogP contribution in [0.5, 0.6) is 0 Å². The summed E-state index contributed by atoms with van der Waals surface area (Å²) in [6.07, 6.45) is 2.45. The van der Waals surface area contributed by atoms with Crippen molar-refractivity contribution in [2.24, 2.45) is 5.92 Å². The molecule has 1 heterocycles. The fourth-order valence-electron chi connectivity index (χ4n) is 3.04. The number of nitrogens with one attached hydrogen (secondary N) is 1. The fourth-order valence-corrected chi connectivity index (χ4v) is 4.58. The Kier molecular flexibility index (Phi) is 5.32. The van der Waals surface area contributed by atoms with Gasteiger partial charge in [-0.3, -0.25) is 9.10 Å². The van der Waals surface area contributed by atoms with Crippen molar-refractivity contribution in [3.05, 3.63) is 54.1 Å². The zero-order valence-electron chi connectivity index (χ0n) is 15.1. The van der Waals surface area contributed by atoms with Gasteiger partial charge in [-0.25, -0.2) is 8.42 Å². The fraction of sp³-hybridized carbons (Fsp3) is 0.350. The molecule has 0 bridgehead atoms. The third-order valence-corrected chi connectivity index (χ3v) is 6.66. The van der Waals surface area contributed by atoms with Crippen LogP contribution in [0.15, 0.2) is 53.4 Å². The molecular formula is C20H24N2O3S. The van der Waals surface area contributed by atoms with E-state index in [-0.39, 0.29) is 16.7 Å². The van der Waals surface area contributed by atoms with Crippen LogP contribution in [0.3, 0.4) is 0 Å². The largest absolute Gasteiger partial charge is 0.326 e. The van der Waals surface area contributed by atoms with Crippen molar-refractivity contribution in [3.8, 4) is 0 Å². The molecule has 1 amide bonds. The minimum atomic E-state index is -3.62. The third kappa shape index (κ3) is 3.60. The molecule has 5 nitrogen and oxygen atoms in total. The van der Waals surface area contributed by atoms with Gasteiger partial charge in [0.05, 0.1) is 10.6 Å². The maximum absolute atomic E-state index is 13.1. The topological polar surface area (TPSA) is 66.5 Å². The number of amides is 1. The number of hydrogen-bond acceptors (Lipinski definition) is 3. The molecule has 2 aromatic carbocycles. The number of aryl methyl sites for hydroxylation is 1. The number of para-hydroxylation sites is 1. The second-order valence-corrected chi connectivity index (χ2v) is 8.49. The van der Waals surface area contributed by atoms with E-state index in [0.717, 1.165) is 30.5 Å². The van der Waals surface area contributed by atoms with Gasteiger partial charge in [0, 0.05) is 18.2 Å². The first kappa shape index (κ1) is 18.5. The number of rotatable bonds is 5. The molecule has 0 saturated carbocycles. The summed E-state index contributed by atoms with van der Waals surface area (Å²) in [6, 6.07) is 14.0. The first-order valence-electron chi connectivity index (χ1n) is 8.95. The SMILES string of the molecule is CCC(C)C(=O)Nc1ccc(S(=O)(=O)N2CCCc3ccccc32)cc1. The summed E-state index contributed by atoms with van der Waals surface area (Å²) < 4.78 is 27.6. The van der Waals surface area contributed by atoms with Gasteiger partial charge in [0.1, 0.15) is 0 Å². The summed E-state index contributed by atoms with van der Waals surface area (Å²) in [5, 5.41) is 2.82. The minimum absolute atomic E-state index is 0.0620. The molecule has 1 unspecified atom stereocenters. The highest BCUT2D eigenvalue weighted by atomic mass is 32.2. The highest BCUT2D eigenvalue weighted by Crippen LogP contribution is 2.32. The van der Waals surface area contributed by atoms with E-state index >= 15 is 0 Å². The van der Waals surface area contributed by atoms with E-state index in [1.807, 2.05) is 38.1 Å². The molecule has 0 aromatic heterocycles. The molecule has 26 heavy (non-hydrogen) atoms. The Balaban J connectivity index is 1.84. The Morgan fingerprint density at radius 1 is 1.15 bits per heavy atom. The quantitative estimate of drug-likeness (QED) is 0.868. The molecule has 0 fully saturated rings. The predicted octanol–water partition coefficient (Wildman–Crippen LogP) is 3.81. The van der Waals surface area contributed by atoms with Crippen LogP contribution in [0.25, 0.3) is 0 Å². The van der Waals surface area contributed by atoms with Crippen LogP contribution in [0.4, 0.5) is 11.4 Å². The van der Waals surface area contributed by atoms with Crippen molar-refractivity contribution < 1.29 is 13.2 Å². The van der Waals surface area contributed by atoms with Gasteiger partial charge >= 0.3 is 0 Å². The first-order valence-corrected chi connectivity index (χ1v) is 10.4. The van der Waals surface area contributed by atoms with E-state index in [0.29, 0.717) is 12.2 Å². The summed E-state index contributed by atoms with van der Waals surface area (Å²) in [5.41, 5.74) is 2.42. The zero-order valence-corrected chi connectivity index (χ0v) is 15.9. The zero-order chi connectivity index (χ0) is 18.7. The van der Waals surface area contributed by atoms with Crippen LogP contribution in [-0.4, -0.2) is 20.9 Å². The highest BCUT2D eigenvalue weighted by molar-refractivity contribution is 7.92. The van der Waals surface area contributed by atoms with Gasteiger partial charge in [-0.15, -0.1) is 0 Å². The molecule has 0 saturated heterocycles. The van der Waals surface area contributed by atoms with Gasteiger partial charge in [0.25, 0.3) is 10.0 Å². The van der Waals surface area contributed by atoms with Crippen LogP contribution in [0, 0.1) is 5.92 Å². The maximum atomic E-state index is 13.1. The summed E-state index contributed by atoms with van der Waals surface area (Å²) in [6.45, 7) is 4.30. The summed E-state index contributed by atoms with van der Waals surface area (Å²) in [4.78, 5) is 12.2. The standard InChI is InChI=1S/C20H24N2O3S/c1-3-15(2)20(23)21-17-10-12-18(13-11-17)26(24,25)22-14-6-8-16-7-4-5-9-19(16)22/h4-5,7,9-13,15H,3,6,8,14H2,1-2H3,(H,21,23). The Hall–Kier alpha value is -2.34. The third-order valence-electron chi connectivity index (χ3n) is 4.84. The molecule has 1 atom stereocenters. The lowest BCUT2D eigenvalue weighted by Gasteiger charge is -2.30. The molecule has 1 aliphatic heterocycles. The number of sulfonamides is 1. The van der Waals surface area contributed by atoms with Crippen LogP contribution < -0.4 is 9.62 Å². The number of benzene rings is 2. The van der Waals surface area contributed by atoms with Gasteiger partial charge < -0.3 is 5.32 Å². The molecule has 1 aliphatic rings. The van der Waals surface area contributed by atoms with E-state index in [2.05, 4.69) is 5.32 Å². The Morgan fingerprint density at radius 3 is 2.54 bits per heavy atom. The van der Waals surface area contributed by atoms with Crippen molar-refractivity contribution >= 4 is 27.3 Å². The Morgan fingerprint density at radius 2 is 1.85 bits per heavy atom. The monoisotopic (exact) mass is 372 g/mol. The lowest BCUT2D eigenvalue weighted by molar-refractivity contribution is -0.119. The lowest BCUT2D eigenvalue weighted by Crippen LogP contribution is -2.35. The van der Waals surface area contributed by atoms with Crippen molar-refractivity contribution in [1.82, 2.24) is 0 Å². The van der Waals surface area contributed by atoms with E-state index in [4.69, 9.17) is 0 Å². The van der Waals surface area contributed by atoms with E-state index in [1.54, 1.807) is 24.3 Å². The van der Waals surface area contributed by atoms with Crippen LogP contribution in [0.2, 0.25) is 0 Å². The first-order chi connectivity index (χ1) is 12.4. The average Bonchev–Trinajstić information content (AvgIpc) is 2.67. The lowest BCUT2D eigenvalue weighted by atomic mass is 10.0. The normalized spacial score (nSPS) is 15.2. The Labute approximate surface area is 155 Å².